The van der Waals surface area contributed by atoms with Crippen molar-refractivity contribution < 1.29 is 27.4 Å². The first kappa shape index (κ1) is 24.6. The molecule has 3 aromatic rings. The van der Waals surface area contributed by atoms with Crippen LogP contribution in [0.15, 0.2) is 41.5 Å². The van der Waals surface area contributed by atoms with Crippen LogP contribution in [0, 0.1) is 19.7 Å². The zero-order chi connectivity index (χ0) is 24.6. The molecule has 1 atom stereocenters. The number of nitrogens with zero attached hydrogens (tertiary/aromatic N) is 3. The van der Waals surface area contributed by atoms with E-state index in [9.17, 15) is 22.7 Å². The number of para-hydroxylation sites is 1. The first-order valence-electron chi connectivity index (χ1n) is 10.2. The molecule has 0 amide bonds. The summed E-state index contributed by atoms with van der Waals surface area (Å²) in [6.07, 6.45) is -4.00. The number of aliphatic imine (C=N–C) groups is 1. The van der Waals surface area contributed by atoms with Crippen LogP contribution in [0.4, 0.5) is 23.2 Å². The Morgan fingerprint density at radius 2 is 1.85 bits per heavy atom. The largest absolute Gasteiger partial charge is 0.496 e. The van der Waals surface area contributed by atoms with E-state index < -0.39 is 29.4 Å². The van der Waals surface area contributed by atoms with Gasteiger partial charge in [-0.25, -0.2) is 14.4 Å². The lowest BCUT2D eigenvalue weighted by Gasteiger charge is -2.36. The molecule has 0 aliphatic carbocycles. The van der Waals surface area contributed by atoms with Crippen molar-refractivity contribution in [3.05, 3.63) is 59.3 Å². The molecule has 0 aliphatic rings. The lowest BCUT2D eigenvalue weighted by atomic mass is 9.74. The van der Waals surface area contributed by atoms with Crippen LogP contribution in [0.2, 0.25) is 0 Å². The summed E-state index contributed by atoms with van der Waals surface area (Å²) in [4.78, 5) is 12.0. The summed E-state index contributed by atoms with van der Waals surface area (Å²) in [6, 6.07) is 7.29. The Labute approximate surface area is 189 Å². The Bertz CT molecular complexity index is 1200. The number of methoxy groups -OCH3 is 1. The minimum Gasteiger partial charge on any atom is -0.496 e. The van der Waals surface area contributed by atoms with Crippen LogP contribution in [0.3, 0.4) is 0 Å². The number of aryl methyl sites for hydroxylation is 2. The van der Waals surface area contributed by atoms with Gasteiger partial charge in [-0.3, -0.25) is 4.99 Å². The monoisotopic (exact) mass is 463 g/mol. The maximum absolute atomic E-state index is 14.1. The van der Waals surface area contributed by atoms with Crippen LogP contribution in [-0.2, 0) is 5.41 Å². The molecule has 176 valence electrons. The molecule has 0 radical (unpaired) electrons. The minimum atomic E-state index is -5.04. The second-order valence-electron chi connectivity index (χ2n) is 8.67. The Morgan fingerprint density at radius 1 is 1.15 bits per heavy atom. The smallest absolute Gasteiger partial charge is 0.422 e. The van der Waals surface area contributed by atoms with Crippen LogP contribution in [0.5, 0.6) is 5.75 Å². The molecule has 1 heterocycles. The lowest BCUT2D eigenvalue weighted by molar-refractivity contribution is -0.234. The summed E-state index contributed by atoms with van der Waals surface area (Å²) < 4.78 is 61.7. The summed E-state index contributed by atoms with van der Waals surface area (Å²) in [5.41, 5.74) is -3.09. The van der Waals surface area contributed by atoms with Crippen LogP contribution in [0.1, 0.15) is 37.2 Å². The second-order valence-corrected chi connectivity index (χ2v) is 8.67. The molecule has 0 saturated heterocycles. The van der Waals surface area contributed by atoms with Gasteiger partial charge in [-0.2, -0.15) is 13.2 Å². The third kappa shape index (κ3) is 4.98. The molecule has 1 unspecified atom stereocenters. The molecular weight excluding hydrogens is 438 g/mol. The highest BCUT2D eigenvalue weighted by molar-refractivity contribution is 5.91. The zero-order valence-corrected chi connectivity index (χ0v) is 19.0. The van der Waals surface area contributed by atoms with Crippen LogP contribution in [0.25, 0.3) is 10.9 Å². The van der Waals surface area contributed by atoms with Crippen LogP contribution >= 0.6 is 0 Å². The summed E-state index contributed by atoms with van der Waals surface area (Å²) >= 11 is 0. The van der Waals surface area contributed by atoms with Crippen molar-refractivity contribution in [1.82, 2.24) is 9.97 Å². The predicted molar refractivity (Wildman–Crippen MR) is 119 cm³/mol. The maximum Gasteiger partial charge on any atom is 0.422 e. The third-order valence-electron chi connectivity index (χ3n) is 5.53. The zero-order valence-electron chi connectivity index (χ0n) is 19.0. The average Bonchev–Trinajstić information content (AvgIpc) is 2.70. The van der Waals surface area contributed by atoms with E-state index in [0.29, 0.717) is 23.4 Å². The minimum absolute atomic E-state index is 0.112. The lowest BCUT2D eigenvalue weighted by Crippen LogP contribution is -2.50. The van der Waals surface area contributed by atoms with Crippen molar-refractivity contribution in [1.29, 1.82) is 0 Å². The number of aromatic nitrogens is 2. The number of hydrogen-bond acceptors (Lipinski definition) is 5. The molecule has 5 nitrogen and oxygen atoms in total. The van der Waals surface area contributed by atoms with Crippen molar-refractivity contribution in [3.8, 4) is 5.75 Å². The van der Waals surface area contributed by atoms with Gasteiger partial charge in [0.25, 0.3) is 0 Å². The summed E-state index contributed by atoms with van der Waals surface area (Å²) in [6.45, 7) is 6.57. The molecule has 1 N–H and O–H groups in total. The topological polar surface area (TPSA) is 67.6 Å². The summed E-state index contributed by atoms with van der Waals surface area (Å²) in [7, 11) is 1.44. The van der Waals surface area contributed by atoms with E-state index in [4.69, 9.17) is 4.74 Å². The molecule has 0 spiro atoms. The van der Waals surface area contributed by atoms with Gasteiger partial charge in [0.15, 0.2) is 5.60 Å². The van der Waals surface area contributed by atoms with Gasteiger partial charge in [0, 0.05) is 35.5 Å². The van der Waals surface area contributed by atoms with Gasteiger partial charge in [-0.05, 0) is 31.2 Å². The molecular formula is C24H25F4N3O2. The highest BCUT2D eigenvalue weighted by Crippen LogP contribution is 2.44. The quantitative estimate of drug-likeness (QED) is 0.373. The van der Waals surface area contributed by atoms with E-state index in [1.54, 1.807) is 45.9 Å². The molecule has 3 rings (SSSR count). The van der Waals surface area contributed by atoms with E-state index in [-0.39, 0.29) is 16.6 Å². The van der Waals surface area contributed by atoms with Gasteiger partial charge in [0.2, 0.25) is 0 Å². The Morgan fingerprint density at radius 3 is 2.48 bits per heavy atom. The van der Waals surface area contributed by atoms with Crippen molar-refractivity contribution in [2.75, 3.05) is 7.11 Å². The van der Waals surface area contributed by atoms with Gasteiger partial charge >= 0.3 is 6.18 Å². The Kier molecular flexibility index (Phi) is 6.48. The second kappa shape index (κ2) is 8.70. The summed E-state index contributed by atoms with van der Waals surface area (Å²) in [5, 5.41) is 11.1. The van der Waals surface area contributed by atoms with Gasteiger partial charge in [0.1, 0.15) is 17.4 Å². The molecule has 2 aromatic carbocycles. The molecule has 9 heteroatoms. The first-order chi connectivity index (χ1) is 15.3. The van der Waals surface area contributed by atoms with Gasteiger partial charge in [-0.15, -0.1) is 0 Å². The van der Waals surface area contributed by atoms with E-state index in [1.165, 1.54) is 13.3 Å². The fourth-order valence-corrected chi connectivity index (χ4v) is 3.90. The van der Waals surface area contributed by atoms with E-state index in [1.807, 2.05) is 0 Å². The number of benzene rings is 2. The number of aliphatic hydroxyl groups is 1. The number of halogens is 4. The van der Waals surface area contributed by atoms with Gasteiger partial charge in [0.05, 0.1) is 18.3 Å². The van der Waals surface area contributed by atoms with Gasteiger partial charge in [-0.1, -0.05) is 32.0 Å². The van der Waals surface area contributed by atoms with E-state index in [2.05, 4.69) is 15.0 Å². The molecule has 1 aromatic heterocycles. The first-order valence-corrected chi connectivity index (χ1v) is 10.2. The van der Waals surface area contributed by atoms with Crippen LogP contribution < -0.4 is 4.74 Å². The average molecular weight is 463 g/mol. The van der Waals surface area contributed by atoms with E-state index >= 15 is 0 Å². The SMILES string of the molecule is COc1c(C)cccc1C(C)(C)CC(O)(C=Nc1cc(F)cc2nc(C)ncc12)C(F)(F)F. The number of hydrogen-bond donors (Lipinski definition) is 1. The molecule has 0 fully saturated rings. The maximum atomic E-state index is 14.1. The molecule has 33 heavy (non-hydrogen) atoms. The van der Waals surface area contributed by atoms with Crippen LogP contribution in [-0.4, -0.2) is 40.2 Å². The van der Waals surface area contributed by atoms with Crippen molar-refractivity contribution in [2.45, 2.75) is 51.3 Å². The fourth-order valence-electron chi connectivity index (χ4n) is 3.90. The standard InChI is InChI=1S/C24H25F4N3O2/c1-14-7-6-8-18(21(14)33-5)22(3,4)12-23(32,24(26,27)28)13-30-19-9-16(25)10-20-17(19)11-29-15(2)31-20/h6-11,13,32H,12H2,1-5H3. The van der Waals surface area contributed by atoms with Gasteiger partial charge < -0.3 is 9.84 Å². The van der Waals surface area contributed by atoms with Crippen molar-refractivity contribution >= 4 is 22.8 Å². The fraction of sp³-hybridized carbons (Fsp3) is 0.375. The van der Waals surface area contributed by atoms with Crippen molar-refractivity contribution in [2.24, 2.45) is 4.99 Å². The summed E-state index contributed by atoms with van der Waals surface area (Å²) in [5.74, 6) is 0.115. The molecule has 0 bridgehead atoms. The van der Waals surface area contributed by atoms with E-state index in [0.717, 1.165) is 17.7 Å². The normalized spacial score (nSPS) is 14.6. The highest BCUT2D eigenvalue weighted by Gasteiger charge is 2.55. The Hall–Kier alpha value is -3.07. The third-order valence-corrected chi connectivity index (χ3v) is 5.53. The molecule has 0 saturated carbocycles. The number of rotatable bonds is 6. The number of ether oxygens (including phenoxy) is 1. The van der Waals surface area contributed by atoms with Crippen molar-refractivity contribution in [3.63, 3.8) is 0 Å². The molecule has 0 aliphatic heterocycles. The highest BCUT2D eigenvalue weighted by atomic mass is 19.4. The Balaban J connectivity index is 2.07. The predicted octanol–water partition coefficient (Wildman–Crippen LogP) is 5.76. The number of fused-ring (bicyclic) bond motifs is 1. The number of alkyl halides is 3.